The number of nitrogens with zero attached hydrogens (tertiary/aromatic N) is 2. The fraction of sp³-hybridized carbons (Fsp3) is 0.118. The van der Waals surface area contributed by atoms with Gasteiger partial charge in [-0.2, -0.15) is 4.31 Å². The number of anilines is 1. The van der Waals surface area contributed by atoms with Gasteiger partial charge in [-0.25, -0.2) is 13.4 Å². The largest absolute Gasteiger partial charge is 0.325 e. The summed E-state index contributed by atoms with van der Waals surface area (Å²) in [5, 5.41) is 2.92. The van der Waals surface area contributed by atoms with E-state index in [9.17, 15) is 18.0 Å². The highest BCUT2D eigenvalue weighted by molar-refractivity contribution is 7.89. The van der Waals surface area contributed by atoms with Gasteiger partial charge in [0.15, 0.2) is 0 Å². The number of benzene rings is 2. The van der Waals surface area contributed by atoms with E-state index in [1.807, 2.05) is 0 Å². The van der Waals surface area contributed by atoms with Crippen LogP contribution in [-0.2, 0) is 14.8 Å². The van der Waals surface area contributed by atoms with Crippen molar-refractivity contribution in [3.05, 3.63) is 65.2 Å². The Bertz CT molecular complexity index is 1110. The fourth-order valence-electron chi connectivity index (χ4n) is 2.41. The maximum absolute atomic E-state index is 12.4. The number of carbonyl (C=O) groups excluding carboxylic acids is 1. The molecule has 0 aliphatic rings. The minimum atomic E-state index is -3.76. The van der Waals surface area contributed by atoms with Gasteiger partial charge in [-0.15, -0.1) is 0 Å². The van der Waals surface area contributed by atoms with Crippen molar-refractivity contribution in [3.63, 3.8) is 0 Å². The minimum Gasteiger partial charge on any atom is -0.325 e. The summed E-state index contributed by atoms with van der Waals surface area (Å²) in [5.74, 6) is -0.522. The summed E-state index contributed by atoms with van der Waals surface area (Å²) in [4.78, 5) is 30.6. The van der Waals surface area contributed by atoms with Gasteiger partial charge in [0, 0.05) is 12.7 Å². The Kier molecular flexibility index (Phi) is 4.83. The van der Waals surface area contributed by atoms with Gasteiger partial charge < -0.3 is 10.3 Å². The number of carbonyl (C=O) groups is 1. The third-order valence-electron chi connectivity index (χ3n) is 3.74. The van der Waals surface area contributed by atoms with Crippen LogP contribution in [0, 0.1) is 0 Å². The number of likely N-dealkylation sites (N-methyl/N-ethyl adjacent to an activating group) is 1. The van der Waals surface area contributed by atoms with E-state index in [0.29, 0.717) is 16.6 Å². The number of fused-ring (bicyclic) bond motifs is 1. The highest BCUT2D eigenvalue weighted by atomic mass is 32.2. The molecule has 0 saturated heterocycles. The smallest absolute Gasteiger partial charge is 0.258 e. The lowest BCUT2D eigenvalue weighted by atomic mass is 10.2. The Morgan fingerprint density at radius 2 is 1.92 bits per heavy atom. The fourth-order valence-corrected chi connectivity index (χ4v) is 3.55. The first-order valence-corrected chi connectivity index (χ1v) is 9.10. The molecule has 134 valence electrons. The van der Waals surface area contributed by atoms with Crippen LogP contribution in [-0.4, -0.2) is 42.2 Å². The molecule has 0 bridgehead atoms. The lowest BCUT2D eigenvalue weighted by Gasteiger charge is -2.17. The van der Waals surface area contributed by atoms with Crippen LogP contribution in [0.1, 0.15) is 0 Å². The number of aromatic amines is 1. The molecule has 0 spiro atoms. The highest BCUT2D eigenvalue weighted by Gasteiger charge is 2.22. The van der Waals surface area contributed by atoms with Crippen LogP contribution in [0.5, 0.6) is 0 Å². The van der Waals surface area contributed by atoms with Crippen LogP contribution in [0.3, 0.4) is 0 Å². The quantitative estimate of drug-likeness (QED) is 0.698. The molecule has 1 amide bonds. The molecule has 0 radical (unpaired) electrons. The molecule has 2 N–H and O–H groups in total. The standard InChI is InChI=1S/C17H16N4O4S/c1-21(26(24,25)13-5-3-2-4-6-13)10-16(22)20-12-7-8-15-14(9-12)17(23)19-11-18-15/h2-9,11H,10H2,1H3,(H,20,22)(H,18,19,23). The van der Waals surface area contributed by atoms with Crippen molar-refractivity contribution in [2.75, 3.05) is 18.9 Å². The second-order valence-corrected chi connectivity index (χ2v) is 7.63. The Balaban J connectivity index is 1.75. The van der Waals surface area contributed by atoms with Crippen LogP contribution >= 0.6 is 0 Å². The number of sulfonamides is 1. The molecule has 1 aromatic heterocycles. The molecular formula is C17H16N4O4S. The Labute approximate surface area is 149 Å². The first-order chi connectivity index (χ1) is 12.4. The van der Waals surface area contributed by atoms with Gasteiger partial charge in [0.2, 0.25) is 15.9 Å². The third kappa shape index (κ3) is 3.63. The van der Waals surface area contributed by atoms with E-state index in [0.717, 1.165) is 4.31 Å². The molecule has 0 aliphatic heterocycles. The van der Waals surface area contributed by atoms with Crippen molar-refractivity contribution in [3.8, 4) is 0 Å². The van der Waals surface area contributed by atoms with Crippen LogP contribution in [0.25, 0.3) is 10.9 Å². The van der Waals surface area contributed by atoms with Gasteiger partial charge in [-0.1, -0.05) is 18.2 Å². The van der Waals surface area contributed by atoms with E-state index >= 15 is 0 Å². The van der Waals surface area contributed by atoms with Crippen molar-refractivity contribution in [2.45, 2.75) is 4.90 Å². The molecule has 0 atom stereocenters. The van der Waals surface area contributed by atoms with Gasteiger partial charge in [0.25, 0.3) is 5.56 Å². The maximum Gasteiger partial charge on any atom is 0.258 e. The third-order valence-corrected chi connectivity index (χ3v) is 5.56. The first kappa shape index (κ1) is 17.8. The first-order valence-electron chi connectivity index (χ1n) is 7.66. The summed E-state index contributed by atoms with van der Waals surface area (Å²) in [5.41, 5.74) is 0.553. The molecule has 3 rings (SSSR count). The summed E-state index contributed by atoms with van der Waals surface area (Å²) in [6, 6.07) is 12.6. The molecule has 0 fully saturated rings. The summed E-state index contributed by atoms with van der Waals surface area (Å²) < 4.78 is 25.8. The van der Waals surface area contributed by atoms with Gasteiger partial charge in [-0.05, 0) is 30.3 Å². The monoisotopic (exact) mass is 372 g/mol. The molecule has 0 unspecified atom stereocenters. The SMILES string of the molecule is CN(CC(=O)Nc1ccc2nc[nH]c(=O)c2c1)S(=O)(=O)c1ccccc1. The lowest BCUT2D eigenvalue weighted by molar-refractivity contribution is -0.116. The van der Waals surface area contributed by atoms with Crippen molar-refractivity contribution in [1.82, 2.24) is 14.3 Å². The Hall–Kier alpha value is -3.04. The molecular weight excluding hydrogens is 356 g/mol. The van der Waals surface area contributed by atoms with E-state index < -0.39 is 15.9 Å². The number of rotatable bonds is 5. The minimum absolute atomic E-state index is 0.110. The lowest BCUT2D eigenvalue weighted by Crippen LogP contribution is -2.34. The van der Waals surface area contributed by atoms with E-state index in [1.54, 1.807) is 30.3 Å². The number of H-pyrrole nitrogens is 1. The topological polar surface area (TPSA) is 112 Å². The molecule has 0 aliphatic carbocycles. The summed E-state index contributed by atoms with van der Waals surface area (Å²) >= 11 is 0. The van der Waals surface area contributed by atoms with E-state index in [1.165, 1.54) is 31.6 Å². The van der Waals surface area contributed by atoms with Gasteiger partial charge in [-0.3, -0.25) is 9.59 Å². The summed E-state index contributed by atoms with van der Waals surface area (Å²) in [7, 11) is -2.43. The zero-order valence-corrected chi connectivity index (χ0v) is 14.7. The van der Waals surface area contributed by atoms with Crippen LogP contribution in [0.15, 0.2) is 64.5 Å². The van der Waals surface area contributed by atoms with Crippen molar-refractivity contribution in [2.24, 2.45) is 0 Å². The van der Waals surface area contributed by atoms with Crippen molar-refractivity contribution < 1.29 is 13.2 Å². The van der Waals surface area contributed by atoms with Crippen molar-refractivity contribution in [1.29, 1.82) is 0 Å². The predicted molar refractivity (Wildman–Crippen MR) is 97.3 cm³/mol. The summed E-state index contributed by atoms with van der Waals surface area (Å²) in [6.07, 6.45) is 1.30. The molecule has 8 nitrogen and oxygen atoms in total. The average Bonchev–Trinajstić information content (AvgIpc) is 2.63. The molecule has 3 aromatic rings. The van der Waals surface area contributed by atoms with E-state index in [4.69, 9.17) is 0 Å². The number of hydrogen-bond donors (Lipinski definition) is 2. The second-order valence-electron chi connectivity index (χ2n) is 5.59. The number of nitrogens with one attached hydrogen (secondary N) is 2. The molecule has 9 heteroatoms. The number of aromatic nitrogens is 2. The van der Waals surface area contributed by atoms with E-state index in [-0.39, 0.29) is 17.0 Å². The van der Waals surface area contributed by atoms with E-state index in [2.05, 4.69) is 15.3 Å². The maximum atomic E-state index is 12.4. The zero-order valence-electron chi connectivity index (χ0n) is 13.8. The van der Waals surface area contributed by atoms with Gasteiger partial charge in [0.05, 0.1) is 28.7 Å². The van der Waals surface area contributed by atoms with Crippen molar-refractivity contribution >= 4 is 32.5 Å². The van der Waals surface area contributed by atoms with Crippen LogP contribution < -0.4 is 10.9 Å². The van der Waals surface area contributed by atoms with Crippen LogP contribution in [0.2, 0.25) is 0 Å². The number of hydrogen-bond acceptors (Lipinski definition) is 5. The molecule has 26 heavy (non-hydrogen) atoms. The molecule has 0 saturated carbocycles. The average molecular weight is 372 g/mol. The Morgan fingerprint density at radius 3 is 2.65 bits per heavy atom. The predicted octanol–water partition coefficient (Wildman–Crippen LogP) is 1.18. The zero-order chi connectivity index (χ0) is 18.7. The van der Waals surface area contributed by atoms with Gasteiger partial charge in [0.1, 0.15) is 0 Å². The van der Waals surface area contributed by atoms with Gasteiger partial charge >= 0.3 is 0 Å². The second kappa shape index (κ2) is 7.06. The molecule has 1 heterocycles. The normalized spacial score (nSPS) is 11.6. The number of amides is 1. The Morgan fingerprint density at radius 1 is 1.19 bits per heavy atom. The van der Waals surface area contributed by atoms with Crippen LogP contribution in [0.4, 0.5) is 5.69 Å². The highest BCUT2D eigenvalue weighted by Crippen LogP contribution is 2.15. The summed E-state index contributed by atoms with van der Waals surface area (Å²) in [6.45, 7) is -0.362. The molecule has 2 aromatic carbocycles.